The van der Waals surface area contributed by atoms with Crippen LogP contribution in [0.5, 0.6) is 0 Å². The monoisotopic (exact) mass is 404 g/mol. The van der Waals surface area contributed by atoms with E-state index in [9.17, 15) is 26.4 Å². The number of para-hydroxylation sites is 1. The summed E-state index contributed by atoms with van der Waals surface area (Å²) in [5.41, 5.74) is -5.31. The van der Waals surface area contributed by atoms with E-state index in [0.717, 1.165) is 31.7 Å². The second-order valence-corrected chi connectivity index (χ2v) is 9.05. The Balaban J connectivity index is 1.69. The van der Waals surface area contributed by atoms with Crippen LogP contribution in [-0.4, -0.2) is 50.9 Å². The second kappa shape index (κ2) is 7.69. The number of carbonyl (C=O) groups is 1. The van der Waals surface area contributed by atoms with Gasteiger partial charge in [0.15, 0.2) is 0 Å². The van der Waals surface area contributed by atoms with Crippen LogP contribution >= 0.6 is 0 Å². The van der Waals surface area contributed by atoms with E-state index in [2.05, 4.69) is 0 Å². The van der Waals surface area contributed by atoms with E-state index in [-0.39, 0.29) is 11.6 Å². The number of carbonyl (C=O) groups excluding carboxylic acids is 1. The van der Waals surface area contributed by atoms with Gasteiger partial charge in [-0.3, -0.25) is 4.79 Å². The van der Waals surface area contributed by atoms with Gasteiger partial charge in [0.2, 0.25) is 5.91 Å². The zero-order valence-corrected chi connectivity index (χ0v) is 15.7. The van der Waals surface area contributed by atoms with Crippen LogP contribution < -0.4 is 4.90 Å². The quantitative estimate of drug-likeness (QED) is 0.773. The van der Waals surface area contributed by atoms with E-state index in [1.807, 2.05) is 0 Å². The lowest BCUT2D eigenvalue weighted by molar-refractivity contribution is -0.132. The van der Waals surface area contributed by atoms with Crippen molar-refractivity contribution in [3.8, 4) is 0 Å². The van der Waals surface area contributed by atoms with Gasteiger partial charge in [0.1, 0.15) is 0 Å². The summed E-state index contributed by atoms with van der Waals surface area (Å²) in [5.74, 6) is 0.519. The van der Waals surface area contributed by atoms with Crippen molar-refractivity contribution in [3.63, 3.8) is 0 Å². The number of anilines is 1. The summed E-state index contributed by atoms with van der Waals surface area (Å²) >= 11 is 0. The number of halogens is 3. The predicted octanol–water partition coefficient (Wildman–Crippen LogP) is 3.21. The summed E-state index contributed by atoms with van der Waals surface area (Å²) in [6, 6.07) is 5.16. The average molecular weight is 404 g/mol. The number of hydrogen-bond acceptors (Lipinski definition) is 4. The van der Waals surface area contributed by atoms with E-state index in [0.29, 0.717) is 38.5 Å². The third-order valence-electron chi connectivity index (χ3n) is 5.37. The minimum Gasteiger partial charge on any atom is -0.367 e. The SMILES string of the molecule is O=C(CC1CCCC1)N1CCN(c2ccccc2S(=O)(=O)C(F)(F)F)CC1. The predicted molar refractivity (Wildman–Crippen MR) is 95.1 cm³/mol. The van der Waals surface area contributed by atoms with Crippen molar-refractivity contribution >= 4 is 21.4 Å². The average Bonchev–Trinajstić information content (AvgIpc) is 3.14. The Bertz CT molecular complexity index is 781. The van der Waals surface area contributed by atoms with Crippen LogP contribution in [0.2, 0.25) is 0 Å². The highest BCUT2D eigenvalue weighted by molar-refractivity contribution is 7.92. The molecule has 0 N–H and O–H groups in total. The van der Waals surface area contributed by atoms with Gasteiger partial charge < -0.3 is 9.80 Å². The number of sulfone groups is 1. The molecule has 1 saturated heterocycles. The van der Waals surface area contributed by atoms with E-state index < -0.39 is 20.2 Å². The van der Waals surface area contributed by atoms with Gasteiger partial charge in [0.05, 0.1) is 10.6 Å². The molecule has 1 amide bonds. The summed E-state index contributed by atoms with van der Waals surface area (Å²) in [6.45, 7) is 1.37. The number of hydrogen-bond donors (Lipinski definition) is 0. The zero-order chi connectivity index (χ0) is 19.7. The van der Waals surface area contributed by atoms with Crippen molar-refractivity contribution in [2.24, 2.45) is 5.92 Å². The van der Waals surface area contributed by atoms with Crippen LogP contribution in [0.3, 0.4) is 0 Å². The summed E-state index contributed by atoms with van der Waals surface area (Å²) in [5, 5.41) is 0. The Kier molecular flexibility index (Phi) is 5.69. The molecule has 150 valence electrons. The normalized spacial score (nSPS) is 19.5. The molecule has 0 spiro atoms. The Morgan fingerprint density at radius 2 is 1.63 bits per heavy atom. The molecule has 0 radical (unpaired) electrons. The first-order valence-corrected chi connectivity index (χ1v) is 10.6. The smallest absolute Gasteiger partial charge is 0.367 e. The fourth-order valence-electron chi connectivity index (χ4n) is 3.86. The maximum Gasteiger partial charge on any atom is 0.501 e. The maximum absolute atomic E-state index is 13.0. The Morgan fingerprint density at radius 1 is 1.04 bits per heavy atom. The molecule has 5 nitrogen and oxygen atoms in total. The van der Waals surface area contributed by atoms with Crippen LogP contribution in [0.25, 0.3) is 0 Å². The lowest BCUT2D eigenvalue weighted by atomic mass is 10.0. The fourth-order valence-corrected chi connectivity index (χ4v) is 4.84. The highest BCUT2D eigenvalue weighted by Gasteiger charge is 2.48. The van der Waals surface area contributed by atoms with Crippen LogP contribution in [0, 0.1) is 5.92 Å². The Hall–Kier alpha value is -1.77. The summed E-state index contributed by atoms with van der Waals surface area (Å²) in [6.07, 6.45) is 5.01. The molecular formula is C18H23F3N2O3S. The molecule has 1 heterocycles. The molecule has 0 unspecified atom stereocenters. The molecule has 9 heteroatoms. The first kappa shape index (κ1) is 20.0. The van der Waals surface area contributed by atoms with Gasteiger partial charge in [-0.25, -0.2) is 8.42 Å². The van der Waals surface area contributed by atoms with Crippen molar-refractivity contribution in [2.45, 2.75) is 42.5 Å². The molecular weight excluding hydrogens is 381 g/mol. The van der Waals surface area contributed by atoms with E-state index in [1.54, 1.807) is 9.80 Å². The number of amides is 1. The number of piperazine rings is 1. The topological polar surface area (TPSA) is 57.7 Å². The first-order valence-electron chi connectivity index (χ1n) is 9.13. The maximum atomic E-state index is 13.0. The molecule has 2 fully saturated rings. The minimum absolute atomic E-state index is 0.0396. The van der Waals surface area contributed by atoms with Gasteiger partial charge in [-0.15, -0.1) is 0 Å². The Morgan fingerprint density at radius 3 is 2.22 bits per heavy atom. The van der Waals surface area contributed by atoms with E-state index in [1.165, 1.54) is 18.2 Å². The van der Waals surface area contributed by atoms with Crippen molar-refractivity contribution < 1.29 is 26.4 Å². The fraction of sp³-hybridized carbons (Fsp3) is 0.611. The van der Waals surface area contributed by atoms with Crippen molar-refractivity contribution in [1.82, 2.24) is 4.90 Å². The lowest BCUT2D eigenvalue weighted by Gasteiger charge is -2.37. The number of alkyl halides is 3. The number of nitrogens with zero attached hydrogens (tertiary/aromatic N) is 2. The molecule has 3 rings (SSSR count). The van der Waals surface area contributed by atoms with Crippen LogP contribution in [-0.2, 0) is 14.6 Å². The van der Waals surface area contributed by atoms with E-state index >= 15 is 0 Å². The molecule has 0 aromatic heterocycles. The summed E-state index contributed by atoms with van der Waals surface area (Å²) < 4.78 is 62.6. The third kappa shape index (κ3) is 4.23. The van der Waals surface area contributed by atoms with Gasteiger partial charge in [-0.2, -0.15) is 13.2 Å². The molecule has 27 heavy (non-hydrogen) atoms. The molecule has 0 bridgehead atoms. The summed E-state index contributed by atoms with van der Waals surface area (Å²) in [7, 11) is -5.42. The van der Waals surface area contributed by atoms with Crippen molar-refractivity contribution in [3.05, 3.63) is 24.3 Å². The van der Waals surface area contributed by atoms with Crippen molar-refractivity contribution in [2.75, 3.05) is 31.1 Å². The van der Waals surface area contributed by atoms with Gasteiger partial charge >= 0.3 is 5.51 Å². The van der Waals surface area contributed by atoms with E-state index in [4.69, 9.17) is 0 Å². The molecule has 2 aliphatic rings. The molecule has 1 aromatic carbocycles. The zero-order valence-electron chi connectivity index (χ0n) is 14.9. The van der Waals surface area contributed by atoms with Gasteiger partial charge in [-0.1, -0.05) is 25.0 Å². The van der Waals surface area contributed by atoms with Crippen molar-refractivity contribution in [1.29, 1.82) is 0 Å². The second-order valence-electron chi connectivity index (χ2n) is 7.14. The molecule has 1 aliphatic heterocycles. The molecule has 1 saturated carbocycles. The van der Waals surface area contributed by atoms with Gasteiger partial charge in [0, 0.05) is 32.6 Å². The third-order valence-corrected chi connectivity index (χ3v) is 6.90. The van der Waals surface area contributed by atoms with Crippen LogP contribution in [0.15, 0.2) is 29.2 Å². The van der Waals surface area contributed by atoms with Gasteiger partial charge in [-0.05, 0) is 30.9 Å². The van der Waals surface area contributed by atoms with Crippen LogP contribution in [0.1, 0.15) is 32.1 Å². The largest absolute Gasteiger partial charge is 0.501 e. The standard InChI is InChI=1S/C18H23F3N2O3S/c19-18(20,21)27(25,26)16-8-4-3-7-15(16)22-9-11-23(12-10-22)17(24)13-14-5-1-2-6-14/h3-4,7-8,14H,1-2,5-6,9-13H2. The molecule has 1 aromatic rings. The Labute approximate surface area is 157 Å². The van der Waals surface area contributed by atoms with Gasteiger partial charge in [0.25, 0.3) is 9.84 Å². The highest BCUT2D eigenvalue weighted by atomic mass is 32.2. The lowest BCUT2D eigenvalue weighted by Crippen LogP contribution is -2.49. The molecule has 0 atom stereocenters. The minimum atomic E-state index is -5.42. The highest BCUT2D eigenvalue weighted by Crippen LogP contribution is 2.36. The first-order chi connectivity index (χ1) is 12.7. The molecule has 1 aliphatic carbocycles. The van der Waals surface area contributed by atoms with Crippen LogP contribution in [0.4, 0.5) is 18.9 Å². The summed E-state index contributed by atoms with van der Waals surface area (Å²) in [4.78, 5) is 15.0. The number of rotatable bonds is 4. The number of benzene rings is 1.